The van der Waals surface area contributed by atoms with Crippen LogP contribution in [-0.4, -0.2) is 52.9 Å². The Balaban J connectivity index is 1.63. The molecule has 2 aliphatic rings. The molecule has 0 saturated carbocycles. The summed E-state index contributed by atoms with van der Waals surface area (Å²) in [6.07, 6.45) is 8.60. The number of rotatable bonds is 6. The zero-order chi connectivity index (χ0) is 25.4. The molecule has 10 nitrogen and oxygen atoms in total. The molecule has 0 N–H and O–H groups in total. The zero-order valence-corrected chi connectivity index (χ0v) is 19.9. The Labute approximate surface area is 206 Å². The van der Waals surface area contributed by atoms with Gasteiger partial charge in [0.15, 0.2) is 11.5 Å². The molecule has 1 aromatic carbocycles. The Morgan fingerprint density at radius 2 is 1.72 bits per heavy atom. The van der Waals surface area contributed by atoms with Gasteiger partial charge in [-0.3, -0.25) is 9.20 Å². The lowest BCUT2D eigenvalue weighted by atomic mass is 9.94. The second-order valence-electron chi connectivity index (χ2n) is 8.09. The highest BCUT2D eigenvalue weighted by Gasteiger charge is 2.48. The van der Waals surface area contributed by atoms with Crippen molar-refractivity contribution < 1.29 is 28.4 Å². The van der Waals surface area contributed by atoms with Crippen molar-refractivity contribution in [2.75, 3.05) is 26.2 Å². The third-order valence-electron chi connectivity index (χ3n) is 6.07. The molecule has 182 valence electrons. The summed E-state index contributed by atoms with van der Waals surface area (Å²) in [6, 6.07) is 9.13. The van der Waals surface area contributed by atoms with E-state index in [2.05, 4.69) is 4.98 Å². The van der Waals surface area contributed by atoms with E-state index < -0.39 is 17.9 Å². The smallest absolute Gasteiger partial charge is 0.493 e. The predicted molar refractivity (Wildman–Crippen MR) is 131 cm³/mol. The lowest BCUT2D eigenvalue weighted by Gasteiger charge is -2.27. The van der Waals surface area contributed by atoms with Crippen LogP contribution in [0.3, 0.4) is 0 Å². The van der Waals surface area contributed by atoms with Crippen LogP contribution in [0.25, 0.3) is 5.65 Å². The molecule has 36 heavy (non-hydrogen) atoms. The van der Waals surface area contributed by atoms with Gasteiger partial charge in [-0.2, -0.15) is 9.37 Å². The largest absolute Gasteiger partial charge is 0.506 e. The number of nitrogens with zero attached hydrogens (tertiary/aromatic N) is 4. The molecular weight excluding hydrogens is 464 g/mol. The standard InChI is InChI=1S/C26H23N4O6/c1-34-20-13-17(14-21(35-2)24(20)36-3)30-25(32)18-8-4-5-9-19(18)29(26(30)33)15-16-12-23(31)28-11-7-6-10-22(28)27-16/h4-14,18H,15H2,1-3H3/q+1. The Kier molecular flexibility index (Phi) is 5.85. The molecule has 2 aromatic heterocycles. The fraction of sp³-hybridized carbons (Fsp3) is 0.192. The van der Waals surface area contributed by atoms with Crippen LogP contribution in [0.5, 0.6) is 17.2 Å². The lowest BCUT2D eigenvalue weighted by molar-refractivity contribution is -0.446. The van der Waals surface area contributed by atoms with E-state index in [9.17, 15) is 14.4 Å². The van der Waals surface area contributed by atoms with E-state index in [-0.39, 0.29) is 17.8 Å². The maximum atomic E-state index is 13.8. The third kappa shape index (κ3) is 3.72. The van der Waals surface area contributed by atoms with Gasteiger partial charge in [0, 0.05) is 24.4 Å². The van der Waals surface area contributed by atoms with Crippen molar-refractivity contribution in [1.29, 1.82) is 0 Å². The molecule has 1 unspecified atom stereocenters. The van der Waals surface area contributed by atoms with Crippen LogP contribution in [0.1, 0.15) is 5.69 Å². The first-order valence-corrected chi connectivity index (χ1v) is 11.1. The van der Waals surface area contributed by atoms with Crippen LogP contribution in [0.4, 0.5) is 10.5 Å². The topological polar surface area (TPSA) is 102 Å². The number of amides is 3. The number of aromatic nitrogens is 2. The van der Waals surface area contributed by atoms with Crippen molar-refractivity contribution in [2.45, 2.75) is 6.54 Å². The van der Waals surface area contributed by atoms with Gasteiger partial charge in [0.1, 0.15) is 29.5 Å². The van der Waals surface area contributed by atoms with Crippen molar-refractivity contribution in [1.82, 2.24) is 9.38 Å². The fourth-order valence-corrected chi connectivity index (χ4v) is 4.40. The van der Waals surface area contributed by atoms with E-state index in [0.29, 0.717) is 34.3 Å². The summed E-state index contributed by atoms with van der Waals surface area (Å²) < 4.78 is 19.1. The maximum Gasteiger partial charge on any atom is 0.506 e. The van der Waals surface area contributed by atoms with Crippen molar-refractivity contribution in [2.24, 2.45) is 5.92 Å². The molecule has 0 bridgehead atoms. The average molecular weight is 487 g/mol. The van der Waals surface area contributed by atoms with Gasteiger partial charge in [-0.25, -0.2) is 9.78 Å². The molecule has 0 saturated heterocycles. The van der Waals surface area contributed by atoms with Crippen molar-refractivity contribution >= 4 is 29.0 Å². The van der Waals surface area contributed by atoms with Gasteiger partial charge in [0.25, 0.3) is 5.56 Å². The van der Waals surface area contributed by atoms with Crippen LogP contribution in [0.2, 0.25) is 0 Å². The first-order chi connectivity index (χ1) is 17.5. The Morgan fingerprint density at radius 1 is 0.972 bits per heavy atom. The molecule has 1 atom stereocenters. The summed E-state index contributed by atoms with van der Waals surface area (Å²) in [6.45, 7) is -0.00230. The number of hydrogen-bond acceptors (Lipinski definition) is 7. The van der Waals surface area contributed by atoms with Crippen LogP contribution in [-0.2, 0) is 11.3 Å². The van der Waals surface area contributed by atoms with Gasteiger partial charge >= 0.3 is 11.9 Å². The predicted octanol–water partition coefficient (Wildman–Crippen LogP) is 2.58. The number of urea groups is 1. The van der Waals surface area contributed by atoms with Gasteiger partial charge in [-0.1, -0.05) is 24.3 Å². The monoisotopic (exact) mass is 487 g/mol. The summed E-state index contributed by atoms with van der Waals surface area (Å²) in [5.74, 6) is -0.179. The SMILES string of the molecule is COc1cc(N2C(=O)C3C=CC=CC3=[N+](Cc3cc(=O)n4ccccc4n3)C2=O)cc(OC)c1OC. The second kappa shape index (κ2) is 9.14. The normalized spacial score (nSPS) is 17.0. The first-order valence-electron chi connectivity index (χ1n) is 11.1. The fourth-order valence-electron chi connectivity index (χ4n) is 4.40. The maximum absolute atomic E-state index is 13.8. The quantitative estimate of drug-likeness (QED) is 0.493. The highest BCUT2D eigenvalue weighted by atomic mass is 16.5. The van der Waals surface area contributed by atoms with Gasteiger partial charge in [0.05, 0.1) is 27.0 Å². The minimum Gasteiger partial charge on any atom is -0.493 e. The van der Waals surface area contributed by atoms with E-state index in [1.165, 1.54) is 36.4 Å². The second-order valence-corrected chi connectivity index (χ2v) is 8.09. The van der Waals surface area contributed by atoms with Gasteiger partial charge in [0.2, 0.25) is 5.75 Å². The van der Waals surface area contributed by atoms with Gasteiger partial charge in [-0.15, -0.1) is 4.90 Å². The number of ether oxygens (including phenoxy) is 3. The van der Waals surface area contributed by atoms with E-state index >= 15 is 0 Å². The molecule has 3 amide bonds. The molecule has 5 rings (SSSR count). The Bertz CT molecular complexity index is 1530. The van der Waals surface area contributed by atoms with Crippen molar-refractivity contribution in [3.8, 4) is 17.2 Å². The Morgan fingerprint density at radius 3 is 2.42 bits per heavy atom. The number of benzene rings is 1. The summed E-state index contributed by atoms with van der Waals surface area (Å²) >= 11 is 0. The third-order valence-corrected chi connectivity index (χ3v) is 6.07. The molecule has 1 aliphatic heterocycles. The molecule has 3 heterocycles. The molecule has 0 radical (unpaired) electrons. The molecule has 3 aromatic rings. The molecule has 10 heteroatoms. The molecule has 0 spiro atoms. The van der Waals surface area contributed by atoms with Crippen LogP contribution in [0.15, 0.2) is 71.7 Å². The number of imide groups is 1. The highest BCUT2D eigenvalue weighted by Crippen LogP contribution is 2.42. The number of allylic oxidation sites excluding steroid dienone is 3. The molecule has 0 fully saturated rings. The highest BCUT2D eigenvalue weighted by molar-refractivity contribution is 6.26. The van der Waals surface area contributed by atoms with Crippen LogP contribution < -0.4 is 24.7 Å². The van der Waals surface area contributed by atoms with Gasteiger partial charge < -0.3 is 14.2 Å². The lowest BCUT2D eigenvalue weighted by Crippen LogP contribution is -2.54. The van der Waals surface area contributed by atoms with E-state index in [1.54, 1.807) is 60.8 Å². The number of anilines is 1. The molecular formula is C26H23N4O6+. The van der Waals surface area contributed by atoms with Crippen LogP contribution in [0, 0.1) is 5.92 Å². The first kappa shape index (κ1) is 23.0. The summed E-state index contributed by atoms with van der Waals surface area (Å²) in [4.78, 5) is 45.6. The number of hydrogen-bond donors (Lipinski definition) is 0. The number of carbonyl (C=O) groups excluding carboxylic acids is 2. The van der Waals surface area contributed by atoms with E-state index in [4.69, 9.17) is 14.2 Å². The summed E-state index contributed by atoms with van der Waals surface area (Å²) in [5.41, 5.74) is 1.36. The number of pyridine rings is 1. The van der Waals surface area contributed by atoms with Crippen LogP contribution >= 0.6 is 0 Å². The van der Waals surface area contributed by atoms with Crippen molar-refractivity contribution in [3.05, 3.63) is 82.9 Å². The summed E-state index contributed by atoms with van der Waals surface area (Å²) in [5, 5.41) is 0. The number of carbonyl (C=O) groups is 2. The minimum absolute atomic E-state index is 0.00230. The molecule has 1 aliphatic carbocycles. The van der Waals surface area contributed by atoms with Gasteiger partial charge in [-0.05, 0) is 18.2 Å². The zero-order valence-electron chi connectivity index (χ0n) is 19.9. The average Bonchev–Trinajstić information content (AvgIpc) is 2.90. The van der Waals surface area contributed by atoms with E-state index in [1.807, 2.05) is 0 Å². The Hall–Kier alpha value is -4.73. The number of fused-ring (bicyclic) bond motifs is 2. The minimum atomic E-state index is -0.701. The summed E-state index contributed by atoms with van der Waals surface area (Å²) in [7, 11) is 4.38. The number of methoxy groups -OCH3 is 3. The van der Waals surface area contributed by atoms with Crippen molar-refractivity contribution in [3.63, 3.8) is 0 Å². The van der Waals surface area contributed by atoms with E-state index in [0.717, 1.165) is 4.90 Å².